The van der Waals surface area contributed by atoms with E-state index in [4.69, 9.17) is 10.5 Å². The number of hydrogen-bond donors (Lipinski definition) is 2. The molecule has 0 spiro atoms. The van der Waals surface area contributed by atoms with E-state index in [0.717, 1.165) is 12.8 Å². The van der Waals surface area contributed by atoms with Crippen LogP contribution >= 0.6 is 0 Å². The van der Waals surface area contributed by atoms with Gasteiger partial charge in [-0.15, -0.1) is 0 Å². The van der Waals surface area contributed by atoms with Gasteiger partial charge < -0.3 is 15.5 Å². The highest BCUT2D eigenvalue weighted by atomic mass is 16.5. The molecule has 1 heterocycles. The molecule has 0 saturated heterocycles. The molecule has 96 valence electrons. The fourth-order valence-electron chi connectivity index (χ4n) is 1.69. The number of nitrogens with one attached hydrogen (secondary N) is 1. The van der Waals surface area contributed by atoms with Gasteiger partial charge in [0.2, 0.25) is 0 Å². The first-order valence-electron chi connectivity index (χ1n) is 6.28. The monoisotopic (exact) mass is 238 g/mol. The standard InChI is InChI=1S/C13H22N2O2/c1-3-4-5-6-7-10(2)17-13(16)12-8-11(14)9-15-12/h8-10,15H,3-7,14H2,1-2H3. The molecule has 0 aliphatic carbocycles. The lowest BCUT2D eigenvalue weighted by atomic mass is 10.1. The largest absolute Gasteiger partial charge is 0.458 e. The molecule has 1 rings (SSSR count). The van der Waals surface area contributed by atoms with Crippen molar-refractivity contribution in [3.05, 3.63) is 18.0 Å². The Morgan fingerprint density at radius 2 is 2.24 bits per heavy atom. The molecule has 4 nitrogen and oxygen atoms in total. The minimum Gasteiger partial charge on any atom is -0.458 e. The Bertz CT molecular complexity index is 347. The fourth-order valence-corrected chi connectivity index (χ4v) is 1.69. The molecule has 0 radical (unpaired) electrons. The number of anilines is 1. The highest BCUT2D eigenvalue weighted by Gasteiger charge is 2.13. The van der Waals surface area contributed by atoms with Crippen molar-refractivity contribution in [2.75, 3.05) is 5.73 Å². The Kier molecular flexibility index (Phi) is 5.60. The molecule has 1 unspecified atom stereocenters. The van der Waals surface area contributed by atoms with Gasteiger partial charge in [-0.2, -0.15) is 0 Å². The molecule has 0 aliphatic rings. The number of ether oxygens (including phenoxy) is 1. The quantitative estimate of drug-likeness (QED) is 0.566. The molecular formula is C13H22N2O2. The lowest BCUT2D eigenvalue weighted by Gasteiger charge is -2.12. The van der Waals surface area contributed by atoms with E-state index >= 15 is 0 Å². The van der Waals surface area contributed by atoms with Crippen LogP contribution in [-0.4, -0.2) is 17.1 Å². The summed E-state index contributed by atoms with van der Waals surface area (Å²) in [4.78, 5) is 14.4. The van der Waals surface area contributed by atoms with Crippen molar-refractivity contribution >= 4 is 11.7 Å². The van der Waals surface area contributed by atoms with Gasteiger partial charge in [0.05, 0.1) is 11.8 Å². The third-order valence-corrected chi connectivity index (χ3v) is 2.70. The number of carbonyl (C=O) groups excluding carboxylic acids is 1. The van der Waals surface area contributed by atoms with E-state index in [-0.39, 0.29) is 12.1 Å². The summed E-state index contributed by atoms with van der Waals surface area (Å²) in [6.07, 6.45) is 7.24. The number of nitrogen functional groups attached to an aromatic ring is 1. The van der Waals surface area contributed by atoms with Gasteiger partial charge in [0.15, 0.2) is 0 Å². The zero-order chi connectivity index (χ0) is 12.7. The van der Waals surface area contributed by atoms with E-state index in [1.54, 1.807) is 12.3 Å². The molecule has 4 heteroatoms. The average molecular weight is 238 g/mol. The average Bonchev–Trinajstić information content (AvgIpc) is 2.71. The van der Waals surface area contributed by atoms with Crippen LogP contribution < -0.4 is 5.73 Å². The van der Waals surface area contributed by atoms with E-state index < -0.39 is 0 Å². The molecule has 0 aromatic carbocycles. The zero-order valence-electron chi connectivity index (χ0n) is 10.7. The first-order chi connectivity index (χ1) is 8.13. The van der Waals surface area contributed by atoms with Crippen LogP contribution in [0.1, 0.15) is 56.4 Å². The van der Waals surface area contributed by atoms with E-state index in [1.807, 2.05) is 6.92 Å². The van der Waals surface area contributed by atoms with Crippen LogP contribution in [0.4, 0.5) is 5.69 Å². The van der Waals surface area contributed by atoms with Gasteiger partial charge in [0.25, 0.3) is 0 Å². The number of hydrogen-bond acceptors (Lipinski definition) is 3. The Balaban J connectivity index is 2.26. The molecular weight excluding hydrogens is 216 g/mol. The highest BCUT2D eigenvalue weighted by Crippen LogP contribution is 2.11. The minimum absolute atomic E-state index is 0.0381. The second kappa shape index (κ2) is 6.99. The number of H-pyrrole nitrogens is 1. The number of nitrogens with two attached hydrogens (primary N) is 1. The number of unbranched alkanes of at least 4 members (excludes halogenated alkanes) is 3. The van der Waals surface area contributed by atoms with Gasteiger partial charge in [-0.1, -0.05) is 26.2 Å². The molecule has 0 amide bonds. The Morgan fingerprint density at radius 3 is 2.82 bits per heavy atom. The van der Waals surface area contributed by atoms with E-state index in [9.17, 15) is 4.79 Å². The molecule has 1 aromatic heterocycles. The maximum atomic E-state index is 11.6. The van der Waals surface area contributed by atoms with Crippen molar-refractivity contribution in [1.82, 2.24) is 4.98 Å². The summed E-state index contributed by atoms with van der Waals surface area (Å²) in [7, 11) is 0. The normalized spacial score (nSPS) is 12.4. The lowest BCUT2D eigenvalue weighted by molar-refractivity contribution is 0.0313. The molecule has 0 aliphatic heterocycles. The van der Waals surface area contributed by atoms with Crippen molar-refractivity contribution in [2.24, 2.45) is 0 Å². The first kappa shape index (κ1) is 13.6. The van der Waals surface area contributed by atoms with E-state index in [1.165, 1.54) is 19.3 Å². The zero-order valence-corrected chi connectivity index (χ0v) is 10.7. The summed E-state index contributed by atoms with van der Waals surface area (Å²) in [5.41, 5.74) is 6.49. The van der Waals surface area contributed by atoms with Crippen molar-refractivity contribution in [3.8, 4) is 0 Å². The van der Waals surface area contributed by atoms with Gasteiger partial charge in [-0.05, 0) is 25.8 Å². The third-order valence-electron chi connectivity index (χ3n) is 2.70. The summed E-state index contributed by atoms with van der Waals surface area (Å²) in [6.45, 7) is 4.11. The molecule has 1 atom stereocenters. The first-order valence-corrected chi connectivity index (χ1v) is 6.28. The Labute approximate surface area is 103 Å². The third kappa shape index (κ3) is 4.93. The van der Waals surface area contributed by atoms with Gasteiger partial charge in [0.1, 0.15) is 5.69 Å². The summed E-state index contributed by atoms with van der Waals surface area (Å²) in [5, 5.41) is 0. The minimum atomic E-state index is -0.329. The number of esters is 1. The van der Waals surface area contributed by atoms with Gasteiger partial charge in [-0.25, -0.2) is 4.79 Å². The fraction of sp³-hybridized carbons (Fsp3) is 0.615. The molecule has 0 bridgehead atoms. The SMILES string of the molecule is CCCCCCC(C)OC(=O)c1cc(N)c[nH]1. The molecule has 1 aromatic rings. The Hall–Kier alpha value is -1.45. The second-order valence-electron chi connectivity index (χ2n) is 4.41. The van der Waals surface area contributed by atoms with Crippen LogP contribution in [0.3, 0.4) is 0 Å². The molecule has 0 saturated carbocycles. The molecule has 17 heavy (non-hydrogen) atoms. The van der Waals surface area contributed by atoms with Crippen LogP contribution in [0.25, 0.3) is 0 Å². The number of rotatable bonds is 7. The van der Waals surface area contributed by atoms with Gasteiger partial charge in [-0.3, -0.25) is 0 Å². The van der Waals surface area contributed by atoms with Crippen LogP contribution in [0.2, 0.25) is 0 Å². The smallest absolute Gasteiger partial charge is 0.355 e. The summed E-state index contributed by atoms with van der Waals surface area (Å²) >= 11 is 0. The van der Waals surface area contributed by atoms with E-state index in [0.29, 0.717) is 11.4 Å². The summed E-state index contributed by atoms with van der Waals surface area (Å²) in [5.74, 6) is -0.329. The maximum Gasteiger partial charge on any atom is 0.355 e. The number of carbonyl (C=O) groups is 1. The van der Waals surface area contributed by atoms with Crippen LogP contribution in [-0.2, 0) is 4.74 Å². The maximum absolute atomic E-state index is 11.6. The molecule has 0 fully saturated rings. The van der Waals surface area contributed by atoms with Crippen LogP contribution in [0.5, 0.6) is 0 Å². The van der Waals surface area contributed by atoms with Crippen LogP contribution in [0.15, 0.2) is 12.3 Å². The predicted octanol–water partition coefficient (Wildman–Crippen LogP) is 3.11. The summed E-state index contributed by atoms with van der Waals surface area (Å²) in [6, 6.07) is 1.59. The van der Waals surface area contributed by atoms with Gasteiger partial charge in [0, 0.05) is 6.20 Å². The molecule has 3 N–H and O–H groups in total. The van der Waals surface area contributed by atoms with Crippen molar-refractivity contribution in [1.29, 1.82) is 0 Å². The second-order valence-corrected chi connectivity index (χ2v) is 4.41. The van der Waals surface area contributed by atoms with E-state index in [2.05, 4.69) is 11.9 Å². The van der Waals surface area contributed by atoms with Crippen molar-refractivity contribution in [2.45, 2.75) is 52.1 Å². The summed E-state index contributed by atoms with van der Waals surface area (Å²) < 4.78 is 5.30. The van der Waals surface area contributed by atoms with Crippen molar-refractivity contribution < 1.29 is 9.53 Å². The Morgan fingerprint density at radius 1 is 1.47 bits per heavy atom. The topological polar surface area (TPSA) is 68.1 Å². The van der Waals surface area contributed by atoms with Crippen LogP contribution in [0, 0.1) is 0 Å². The predicted molar refractivity (Wildman–Crippen MR) is 68.8 cm³/mol. The van der Waals surface area contributed by atoms with Gasteiger partial charge >= 0.3 is 5.97 Å². The van der Waals surface area contributed by atoms with Crippen molar-refractivity contribution in [3.63, 3.8) is 0 Å². The number of aromatic nitrogens is 1. The lowest BCUT2D eigenvalue weighted by Crippen LogP contribution is -2.15. The highest BCUT2D eigenvalue weighted by molar-refractivity contribution is 5.88. The number of aromatic amines is 1.